The summed E-state index contributed by atoms with van der Waals surface area (Å²) in [6.07, 6.45) is 0.493. The van der Waals surface area contributed by atoms with Crippen LogP contribution in [0.4, 0.5) is 21.5 Å². The molecule has 1 atom stereocenters. The quantitative estimate of drug-likeness (QED) is 0.359. The molecule has 0 aliphatic carbocycles. The SMILES string of the molecule is CC[C@@H](Nc1c(Nc2cccc(C(=O)N(C)C)c2O)c(=O)[nH][nH]c1=O)c1cccc(F)c1. The van der Waals surface area contributed by atoms with Crippen molar-refractivity contribution in [2.24, 2.45) is 0 Å². The number of anilines is 3. The van der Waals surface area contributed by atoms with Gasteiger partial charge in [0.1, 0.15) is 17.2 Å². The number of aromatic amines is 2. The third kappa shape index (κ3) is 4.64. The maximum absolute atomic E-state index is 13.7. The van der Waals surface area contributed by atoms with Crippen molar-refractivity contribution in [3.63, 3.8) is 0 Å². The van der Waals surface area contributed by atoms with Crippen LogP contribution in [0.3, 0.4) is 0 Å². The number of rotatable bonds is 7. The summed E-state index contributed by atoms with van der Waals surface area (Å²) in [7, 11) is 3.09. The van der Waals surface area contributed by atoms with E-state index in [2.05, 4.69) is 20.8 Å². The molecule has 0 spiro atoms. The van der Waals surface area contributed by atoms with E-state index in [1.165, 1.54) is 35.2 Å². The highest BCUT2D eigenvalue weighted by molar-refractivity contribution is 5.98. The second-order valence-corrected chi connectivity index (χ2v) is 7.34. The minimum Gasteiger partial charge on any atom is -0.505 e. The number of carbonyl (C=O) groups is 1. The fraction of sp³-hybridized carbons (Fsp3) is 0.227. The van der Waals surface area contributed by atoms with Gasteiger partial charge in [-0.15, -0.1) is 0 Å². The standard InChI is InChI=1S/C22H24FN5O4/c1-4-15(12-7-5-8-13(23)11-12)24-17-18(21(31)27-26-20(17)30)25-16-10-6-9-14(19(16)29)22(32)28(2)3/h5-11,15,29H,4H2,1-3H3,(H2,24,27,31)(H2,25,26,30)/t15-/m1/s1. The van der Waals surface area contributed by atoms with E-state index in [-0.39, 0.29) is 28.4 Å². The number of benzene rings is 2. The molecular formula is C22H24FN5O4. The number of hydrogen-bond donors (Lipinski definition) is 5. The number of H-pyrrole nitrogens is 2. The van der Waals surface area contributed by atoms with Gasteiger partial charge in [-0.1, -0.05) is 25.1 Å². The van der Waals surface area contributed by atoms with Crippen molar-refractivity contribution in [1.29, 1.82) is 0 Å². The van der Waals surface area contributed by atoms with Crippen LogP contribution in [-0.2, 0) is 0 Å². The molecule has 5 N–H and O–H groups in total. The first-order chi connectivity index (χ1) is 15.2. The predicted octanol–water partition coefficient (Wildman–Crippen LogP) is 2.92. The summed E-state index contributed by atoms with van der Waals surface area (Å²) in [6.45, 7) is 1.85. The number of hydrogen-bond acceptors (Lipinski definition) is 6. The first-order valence-electron chi connectivity index (χ1n) is 9.90. The van der Waals surface area contributed by atoms with Gasteiger partial charge in [0.05, 0.1) is 17.3 Å². The average molecular weight is 441 g/mol. The van der Waals surface area contributed by atoms with Crippen LogP contribution in [0.1, 0.15) is 35.3 Å². The highest BCUT2D eigenvalue weighted by Gasteiger charge is 2.21. The molecule has 10 heteroatoms. The molecule has 0 saturated carbocycles. The van der Waals surface area contributed by atoms with Crippen LogP contribution in [0.25, 0.3) is 0 Å². The fourth-order valence-corrected chi connectivity index (χ4v) is 3.23. The molecule has 3 rings (SSSR count). The summed E-state index contributed by atoms with van der Waals surface area (Å²) in [5.74, 6) is -1.22. The maximum atomic E-state index is 13.7. The van der Waals surface area contributed by atoms with Crippen LogP contribution in [-0.4, -0.2) is 40.2 Å². The van der Waals surface area contributed by atoms with Gasteiger partial charge in [0.25, 0.3) is 17.0 Å². The van der Waals surface area contributed by atoms with Crippen LogP contribution < -0.4 is 21.8 Å². The van der Waals surface area contributed by atoms with Gasteiger partial charge in [-0.05, 0) is 36.2 Å². The molecule has 3 aromatic rings. The third-order valence-corrected chi connectivity index (χ3v) is 4.90. The summed E-state index contributed by atoms with van der Waals surface area (Å²) in [4.78, 5) is 38.7. The lowest BCUT2D eigenvalue weighted by Gasteiger charge is -2.21. The third-order valence-electron chi connectivity index (χ3n) is 4.90. The number of nitrogens with one attached hydrogen (secondary N) is 4. The molecule has 1 aromatic heterocycles. The summed E-state index contributed by atoms with van der Waals surface area (Å²) in [5, 5.41) is 20.8. The van der Waals surface area contributed by atoms with Gasteiger partial charge in [0.2, 0.25) is 0 Å². The average Bonchev–Trinajstić information content (AvgIpc) is 2.76. The molecule has 9 nitrogen and oxygen atoms in total. The normalized spacial score (nSPS) is 11.6. The Morgan fingerprint density at radius 2 is 1.75 bits per heavy atom. The number of halogens is 1. The van der Waals surface area contributed by atoms with E-state index < -0.39 is 28.9 Å². The number of phenolic OH excluding ortho intramolecular Hbond substituents is 1. The van der Waals surface area contributed by atoms with Crippen molar-refractivity contribution in [3.05, 3.63) is 80.1 Å². The molecule has 0 aliphatic heterocycles. The lowest BCUT2D eigenvalue weighted by molar-refractivity contribution is 0.0824. The van der Waals surface area contributed by atoms with Crippen molar-refractivity contribution in [3.8, 4) is 5.75 Å². The van der Waals surface area contributed by atoms with Gasteiger partial charge in [-0.3, -0.25) is 24.6 Å². The number of aromatic nitrogens is 2. The summed E-state index contributed by atoms with van der Waals surface area (Å²) in [5.41, 5.74) is -0.842. The number of para-hydroxylation sites is 1. The smallest absolute Gasteiger partial charge is 0.288 e. The number of amides is 1. The Morgan fingerprint density at radius 1 is 1.09 bits per heavy atom. The topological polar surface area (TPSA) is 130 Å². The number of carbonyl (C=O) groups excluding carboxylic acids is 1. The molecule has 1 amide bonds. The van der Waals surface area contributed by atoms with Gasteiger partial charge in [0, 0.05) is 14.1 Å². The molecule has 32 heavy (non-hydrogen) atoms. The van der Waals surface area contributed by atoms with E-state index in [1.807, 2.05) is 6.92 Å². The monoisotopic (exact) mass is 441 g/mol. The second kappa shape index (κ2) is 9.38. The first-order valence-corrected chi connectivity index (χ1v) is 9.90. The lowest BCUT2D eigenvalue weighted by atomic mass is 10.0. The number of phenols is 1. The Bertz CT molecular complexity index is 1250. The fourth-order valence-electron chi connectivity index (χ4n) is 3.23. The van der Waals surface area contributed by atoms with Crippen molar-refractivity contribution in [2.75, 3.05) is 24.7 Å². The minimum absolute atomic E-state index is 0.0296. The van der Waals surface area contributed by atoms with Gasteiger partial charge in [-0.2, -0.15) is 0 Å². The molecule has 1 heterocycles. The minimum atomic E-state index is -0.662. The Balaban J connectivity index is 2.04. The van der Waals surface area contributed by atoms with Crippen LogP contribution in [0.5, 0.6) is 5.75 Å². The second-order valence-electron chi connectivity index (χ2n) is 7.34. The molecule has 0 radical (unpaired) electrons. The zero-order chi connectivity index (χ0) is 23.4. The Kier molecular flexibility index (Phi) is 6.62. The molecular weight excluding hydrogens is 417 g/mol. The van der Waals surface area contributed by atoms with Crippen molar-refractivity contribution < 1.29 is 14.3 Å². The van der Waals surface area contributed by atoms with Gasteiger partial charge in [0.15, 0.2) is 5.75 Å². The lowest BCUT2D eigenvalue weighted by Crippen LogP contribution is -2.27. The van der Waals surface area contributed by atoms with Gasteiger partial charge >= 0.3 is 0 Å². The zero-order valence-electron chi connectivity index (χ0n) is 17.8. The van der Waals surface area contributed by atoms with Crippen LogP contribution in [0.2, 0.25) is 0 Å². The summed E-state index contributed by atoms with van der Waals surface area (Å²) in [6, 6.07) is 9.91. The zero-order valence-corrected chi connectivity index (χ0v) is 17.8. The Hall–Kier alpha value is -4.08. The molecule has 0 aliphatic rings. The van der Waals surface area contributed by atoms with E-state index in [0.717, 1.165) is 0 Å². The summed E-state index contributed by atoms with van der Waals surface area (Å²) >= 11 is 0. The number of nitrogens with zero attached hydrogens (tertiary/aromatic N) is 1. The molecule has 168 valence electrons. The van der Waals surface area contributed by atoms with Crippen LogP contribution >= 0.6 is 0 Å². The molecule has 0 unspecified atom stereocenters. The van der Waals surface area contributed by atoms with Crippen molar-refractivity contribution in [1.82, 2.24) is 15.1 Å². The maximum Gasteiger partial charge on any atom is 0.288 e. The Labute approximate surface area is 182 Å². The van der Waals surface area contributed by atoms with Gasteiger partial charge < -0.3 is 20.6 Å². The van der Waals surface area contributed by atoms with Crippen LogP contribution in [0, 0.1) is 5.82 Å². The van der Waals surface area contributed by atoms with Crippen LogP contribution in [0.15, 0.2) is 52.1 Å². The largest absolute Gasteiger partial charge is 0.505 e. The Morgan fingerprint density at radius 3 is 2.38 bits per heavy atom. The molecule has 2 aromatic carbocycles. The van der Waals surface area contributed by atoms with E-state index in [9.17, 15) is 23.9 Å². The van der Waals surface area contributed by atoms with Crippen molar-refractivity contribution in [2.45, 2.75) is 19.4 Å². The first kappa shape index (κ1) is 22.6. The highest BCUT2D eigenvalue weighted by Crippen LogP contribution is 2.32. The van der Waals surface area contributed by atoms with E-state index >= 15 is 0 Å². The summed E-state index contributed by atoms with van der Waals surface area (Å²) < 4.78 is 13.7. The van der Waals surface area contributed by atoms with E-state index in [4.69, 9.17) is 0 Å². The van der Waals surface area contributed by atoms with E-state index in [1.54, 1.807) is 26.2 Å². The number of aromatic hydroxyl groups is 1. The van der Waals surface area contributed by atoms with E-state index in [0.29, 0.717) is 12.0 Å². The molecule has 0 bridgehead atoms. The highest BCUT2D eigenvalue weighted by atomic mass is 19.1. The molecule has 0 saturated heterocycles. The van der Waals surface area contributed by atoms with Crippen molar-refractivity contribution >= 4 is 23.0 Å². The molecule has 0 fully saturated rings. The van der Waals surface area contributed by atoms with Gasteiger partial charge in [-0.25, -0.2) is 4.39 Å². The predicted molar refractivity (Wildman–Crippen MR) is 120 cm³/mol.